The minimum Gasteiger partial charge on any atom is -0.480 e. The van der Waals surface area contributed by atoms with Crippen LogP contribution in [0.1, 0.15) is 32.6 Å². The van der Waals surface area contributed by atoms with Crippen molar-refractivity contribution >= 4 is 23.2 Å². The number of thiocarbonyl (C=S) groups is 1. The molecule has 0 amide bonds. The molecule has 3 N–H and O–H groups in total. The van der Waals surface area contributed by atoms with Gasteiger partial charge in [-0.1, -0.05) is 25.6 Å². The minimum absolute atomic E-state index is 0.0207. The van der Waals surface area contributed by atoms with Gasteiger partial charge in [-0.25, -0.2) is 0 Å². The number of nitrogens with zero attached hydrogens (tertiary/aromatic N) is 1. The van der Waals surface area contributed by atoms with E-state index in [1.807, 2.05) is 11.8 Å². The van der Waals surface area contributed by atoms with Gasteiger partial charge in [0, 0.05) is 0 Å². The number of likely N-dealkylation sites (tertiary alicyclic amines) is 1. The zero-order chi connectivity index (χ0) is 11.4. The molecule has 0 bridgehead atoms. The molecule has 1 aliphatic rings. The van der Waals surface area contributed by atoms with E-state index in [0.29, 0.717) is 11.4 Å². The van der Waals surface area contributed by atoms with Crippen LogP contribution in [0.5, 0.6) is 0 Å². The van der Waals surface area contributed by atoms with Gasteiger partial charge in [0.15, 0.2) is 0 Å². The van der Waals surface area contributed by atoms with E-state index in [1.54, 1.807) is 0 Å². The van der Waals surface area contributed by atoms with Gasteiger partial charge in [0.1, 0.15) is 6.04 Å². The average molecular weight is 230 g/mol. The van der Waals surface area contributed by atoms with E-state index in [9.17, 15) is 4.79 Å². The molecular formula is C10H18N2O2S. The maximum atomic E-state index is 11.1. The SMILES string of the molecule is CCCC(C(=O)O)N1CCCC1C(N)=S. The van der Waals surface area contributed by atoms with Gasteiger partial charge in [0.2, 0.25) is 0 Å². The molecule has 0 aromatic carbocycles. The smallest absolute Gasteiger partial charge is 0.320 e. The van der Waals surface area contributed by atoms with Crippen LogP contribution in [0.2, 0.25) is 0 Å². The fraction of sp³-hybridized carbons (Fsp3) is 0.800. The van der Waals surface area contributed by atoms with Gasteiger partial charge < -0.3 is 10.8 Å². The number of carboxylic acid groups (broad SMARTS) is 1. The Bertz CT molecular complexity index is 258. The van der Waals surface area contributed by atoms with Crippen LogP contribution in [0.3, 0.4) is 0 Å². The topological polar surface area (TPSA) is 66.6 Å². The Kier molecular flexibility index (Phi) is 4.47. The molecule has 86 valence electrons. The summed E-state index contributed by atoms with van der Waals surface area (Å²) in [6.45, 7) is 2.78. The molecule has 1 rings (SSSR count). The highest BCUT2D eigenvalue weighted by Crippen LogP contribution is 2.22. The molecule has 0 spiro atoms. The summed E-state index contributed by atoms with van der Waals surface area (Å²) in [5.41, 5.74) is 5.62. The van der Waals surface area contributed by atoms with Crippen LogP contribution >= 0.6 is 12.2 Å². The Balaban J connectivity index is 2.73. The van der Waals surface area contributed by atoms with E-state index in [4.69, 9.17) is 23.1 Å². The van der Waals surface area contributed by atoms with Crippen LogP contribution < -0.4 is 5.73 Å². The highest BCUT2D eigenvalue weighted by Gasteiger charge is 2.35. The molecule has 1 aliphatic heterocycles. The van der Waals surface area contributed by atoms with Gasteiger partial charge in [-0.05, 0) is 25.8 Å². The Hall–Kier alpha value is -0.680. The molecule has 0 radical (unpaired) electrons. The molecule has 2 unspecified atom stereocenters. The molecule has 0 aromatic rings. The van der Waals surface area contributed by atoms with E-state index >= 15 is 0 Å². The van der Waals surface area contributed by atoms with E-state index < -0.39 is 12.0 Å². The summed E-state index contributed by atoms with van der Waals surface area (Å²) in [5.74, 6) is -0.764. The van der Waals surface area contributed by atoms with Crippen molar-refractivity contribution in [1.82, 2.24) is 4.90 Å². The van der Waals surface area contributed by atoms with Crippen molar-refractivity contribution in [2.75, 3.05) is 6.54 Å². The Morgan fingerprint density at radius 2 is 2.40 bits per heavy atom. The molecule has 1 saturated heterocycles. The standard InChI is InChI=1S/C10H18N2O2S/c1-2-4-8(10(13)14)12-6-3-5-7(12)9(11)15/h7-8H,2-6H2,1H3,(H2,11,15)(H,13,14). The molecule has 5 heteroatoms. The second-order valence-electron chi connectivity index (χ2n) is 3.94. The summed E-state index contributed by atoms with van der Waals surface area (Å²) < 4.78 is 0. The molecule has 1 fully saturated rings. The number of nitrogens with two attached hydrogens (primary N) is 1. The van der Waals surface area contributed by atoms with Crippen molar-refractivity contribution in [1.29, 1.82) is 0 Å². The van der Waals surface area contributed by atoms with Crippen LogP contribution in [-0.2, 0) is 4.79 Å². The predicted molar refractivity (Wildman–Crippen MR) is 62.8 cm³/mol. The fourth-order valence-electron chi connectivity index (χ4n) is 2.17. The molecule has 15 heavy (non-hydrogen) atoms. The molecule has 0 saturated carbocycles. The third kappa shape index (κ3) is 2.89. The second-order valence-corrected chi connectivity index (χ2v) is 4.41. The number of aliphatic carboxylic acids is 1. The Morgan fingerprint density at radius 1 is 1.73 bits per heavy atom. The van der Waals surface area contributed by atoms with Crippen LogP contribution in [0.4, 0.5) is 0 Å². The molecule has 0 aromatic heterocycles. The van der Waals surface area contributed by atoms with Crippen LogP contribution in [0.15, 0.2) is 0 Å². The fourth-order valence-corrected chi connectivity index (χ4v) is 2.43. The number of carbonyl (C=O) groups is 1. The van der Waals surface area contributed by atoms with Crippen LogP contribution in [-0.4, -0.2) is 39.6 Å². The summed E-state index contributed by atoms with van der Waals surface area (Å²) in [4.78, 5) is 13.5. The lowest BCUT2D eigenvalue weighted by Crippen LogP contribution is -2.48. The number of carboxylic acids is 1. The molecule has 2 atom stereocenters. The van der Waals surface area contributed by atoms with Crippen molar-refractivity contribution < 1.29 is 9.90 Å². The lowest BCUT2D eigenvalue weighted by atomic mass is 10.1. The zero-order valence-corrected chi connectivity index (χ0v) is 9.80. The second kappa shape index (κ2) is 5.42. The number of rotatable bonds is 5. The Morgan fingerprint density at radius 3 is 2.87 bits per heavy atom. The summed E-state index contributed by atoms with van der Waals surface area (Å²) >= 11 is 4.97. The van der Waals surface area contributed by atoms with Gasteiger partial charge in [0.05, 0.1) is 11.0 Å². The first-order chi connectivity index (χ1) is 7.07. The maximum Gasteiger partial charge on any atom is 0.320 e. The highest BCUT2D eigenvalue weighted by atomic mass is 32.1. The van der Waals surface area contributed by atoms with Crippen LogP contribution in [0.25, 0.3) is 0 Å². The van der Waals surface area contributed by atoms with Crippen LogP contribution in [0, 0.1) is 0 Å². The summed E-state index contributed by atoms with van der Waals surface area (Å²) in [6.07, 6.45) is 3.39. The number of hydrogen-bond donors (Lipinski definition) is 2. The quantitative estimate of drug-likeness (QED) is 0.689. The van der Waals surface area contributed by atoms with E-state index in [2.05, 4.69) is 0 Å². The largest absolute Gasteiger partial charge is 0.480 e. The lowest BCUT2D eigenvalue weighted by Gasteiger charge is -2.29. The van der Waals surface area contributed by atoms with Gasteiger partial charge in [-0.2, -0.15) is 0 Å². The molecule has 4 nitrogen and oxygen atoms in total. The average Bonchev–Trinajstić information content (AvgIpc) is 2.61. The normalized spacial score (nSPS) is 23.9. The minimum atomic E-state index is -0.764. The Labute approximate surface area is 95.4 Å². The maximum absolute atomic E-state index is 11.1. The van der Waals surface area contributed by atoms with Crippen molar-refractivity contribution in [3.63, 3.8) is 0 Å². The summed E-state index contributed by atoms with van der Waals surface area (Å²) in [5, 5.41) is 9.14. The third-order valence-electron chi connectivity index (χ3n) is 2.87. The van der Waals surface area contributed by atoms with E-state index in [0.717, 1.165) is 25.8 Å². The van der Waals surface area contributed by atoms with Gasteiger partial charge in [-0.15, -0.1) is 0 Å². The number of hydrogen-bond acceptors (Lipinski definition) is 3. The van der Waals surface area contributed by atoms with Gasteiger partial charge in [0.25, 0.3) is 0 Å². The highest BCUT2D eigenvalue weighted by molar-refractivity contribution is 7.80. The molecule has 0 aliphatic carbocycles. The summed E-state index contributed by atoms with van der Waals surface area (Å²) in [6, 6.07) is -0.448. The van der Waals surface area contributed by atoms with E-state index in [1.165, 1.54) is 0 Å². The zero-order valence-electron chi connectivity index (χ0n) is 8.98. The lowest BCUT2D eigenvalue weighted by molar-refractivity contribution is -0.143. The van der Waals surface area contributed by atoms with Crippen molar-refractivity contribution in [3.8, 4) is 0 Å². The third-order valence-corrected chi connectivity index (χ3v) is 3.14. The molecular weight excluding hydrogens is 212 g/mol. The first-order valence-corrected chi connectivity index (χ1v) is 5.76. The predicted octanol–water partition coefficient (Wildman–Crippen LogP) is 0.990. The van der Waals surface area contributed by atoms with Gasteiger partial charge in [-0.3, -0.25) is 9.69 Å². The van der Waals surface area contributed by atoms with Crippen molar-refractivity contribution in [3.05, 3.63) is 0 Å². The first kappa shape index (κ1) is 12.4. The summed E-state index contributed by atoms with van der Waals surface area (Å²) in [7, 11) is 0. The van der Waals surface area contributed by atoms with Crippen molar-refractivity contribution in [2.45, 2.75) is 44.7 Å². The first-order valence-electron chi connectivity index (χ1n) is 5.35. The van der Waals surface area contributed by atoms with Crippen molar-refractivity contribution in [2.24, 2.45) is 5.73 Å². The molecule has 1 heterocycles. The monoisotopic (exact) mass is 230 g/mol. The van der Waals surface area contributed by atoms with E-state index in [-0.39, 0.29) is 6.04 Å². The van der Waals surface area contributed by atoms with Gasteiger partial charge >= 0.3 is 5.97 Å².